The molecule has 0 bridgehead atoms. The van der Waals surface area contributed by atoms with Crippen molar-refractivity contribution in [2.24, 2.45) is 0 Å². The Hall–Kier alpha value is -3.59. The zero-order chi connectivity index (χ0) is 31.0. The first-order chi connectivity index (χ1) is 19.0. The number of rotatable bonds is 7. The van der Waals surface area contributed by atoms with E-state index in [0.717, 1.165) is 25.3 Å². The van der Waals surface area contributed by atoms with E-state index in [1.165, 1.54) is 6.07 Å². The second kappa shape index (κ2) is 11.7. The number of carbonyl (C=O) groups is 1. The molecule has 0 fully saturated rings. The number of nitrogens with zero attached hydrogens (tertiary/aromatic N) is 1. The molecule has 41 heavy (non-hydrogen) atoms. The van der Waals surface area contributed by atoms with Crippen LogP contribution >= 0.6 is 0 Å². The topological polar surface area (TPSA) is 48.4 Å². The number of hydrogen-bond donors (Lipinski definition) is 0. The van der Waals surface area contributed by atoms with E-state index in [4.69, 9.17) is 4.74 Å². The van der Waals surface area contributed by atoms with Crippen molar-refractivity contribution in [3.63, 3.8) is 0 Å². The first kappa shape index (κ1) is 31.9. The van der Waals surface area contributed by atoms with Gasteiger partial charge in [0.15, 0.2) is 0 Å². The fourth-order valence-electron chi connectivity index (χ4n) is 5.16. The number of benzene rings is 2. The fourth-order valence-corrected chi connectivity index (χ4v) is 10.4. The van der Waals surface area contributed by atoms with Gasteiger partial charge in [-0.3, -0.25) is 0 Å². The number of hydrogen-bond acceptors (Lipinski definition) is 4. The Bertz CT molecular complexity index is 1510. The Labute approximate surface area is 233 Å². The van der Waals surface area contributed by atoms with E-state index < -0.39 is 71.8 Å². The molecule has 1 aromatic heterocycles. The molecule has 220 valence electrons. The van der Waals surface area contributed by atoms with Gasteiger partial charge >= 0.3 is 11.9 Å². The van der Waals surface area contributed by atoms with Crippen LogP contribution in [0.25, 0.3) is 10.9 Å². The largest absolute Gasteiger partial charge is 0.480 e. The first-order valence-electron chi connectivity index (χ1n) is 12.6. The molecule has 3 aromatic rings. The summed E-state index contributed by atoms with van der Waals surface area (Å²) in [6.07, 6.45) is 0. The number of methoxy groups -OCH3 is 1. The molecule has 0 atom stereocenters. The first-order valence-corrected chi connectivity index (χ1v) is 14.9. The van der Waals surface area contributed by atoms with Crippen molar-refractivity contribution in [3.05, 3.63) is 64.5 Å². The molecule has 0 spiro atoms. The van der Waals surface area contributed by atoms with Crippen LogP contribution in [0.4, 0.5) is 30.7 Å². The van der Waals surface area contributed by atoms with Crippen LogP contribution < -0.4 is 9.47 Å². The van der Waals surface area contributed by atoms with Gasteiger partial charge in [-0.25, -0.2) is 22.9 Å². The van der Waals surface area contributed by atoms with Crippen molar-refractivity contribution in [3.8, 4) is 23.1 Å². The van der Waals surface area contributed by atoms with Crippen LogP contribution in [0.1, 0.15) is 57.5 Å². The number of esters is 1. The molecule has 0 saturated heterocycles. The predicted octanol–water partition coefficient (Wildman–Crippen LogP) is 8.47. The number of pyridine rings is 1. The molecular weight excluding hydrogens is 571 g/mol. The Balaban J connectivity index is 2.05. The smallest absolute Gasteiger partial charge is 0.349 e. The Morgan fingerprint density at radius 3 is 1.85 bits per heavy atom. The van der Waals surface area contributed by atoms with Gasteiger partial charge in [-0.05, 0) is 34.7 Å². The second-order valence-corrected chi connectivity index (χ2v) is 16.0. The van der Waals surface area contributed by atoms with Gasteiger partial charge in [-0.1, -0.05) is 53.7 Å². The summed E-state index contributed by atoms with van der Waals surface area (Å²) in [5.74, 6) is -16.9. The number of alkyl halides is 2. The van der Waals surface area contributed by atoms with Crippen molar-refractivity contribution < 1.29 is 45.0 Å². The molecular formula is C29H28F7NO3Si. The SMILES string of the molecule is COc1nc2cc(C(F)(F)C#C[Si](C(C)C)(C(C)C)C(C)C)ccc2cc1C(=O)Oc1c(F)c(F)c(F)c(F)c1F. The van der Waals surface area contributed by atoms with Crippen molar-refractivity contribution in [2.75, 3.05) is 7.11 Å². The van der Waals surface area contributed by atoms with E-state index in [0.29, 0.717) is 0 Å². The van der Waals surface area contributed by atoms with E-state index in [9.17, 15) is 26.7 Å². The maximum atomic E-state index is 15.4. The molecule has 0 aliphatic rings. The van der Waals surface area contributed by atoms with E-state index in [2.05, 4.69) is 21.2 Å². The average molecular weight is 600 g/mol. The summed E-state index contributed by atoms with van der Waals surface area (Å²) in [7, 11) is -1.39. The fraction of sp³-hybridized carbons (Fsp3) is 0.379. The summed E-state index contributed by atoms with van der Waals surface area (Å²) in [5, 5.41) is 0.123. The molecule has 0 aliphatic heterocycles. The number of fused-ring (bicyclic) bond motifs is 1. The summed E-state index contributed by atoms with van der Waals surface area (Å²) in [6, 6.07) is 4.44. The van der Waals surface area contributed by atoms with Crippen molar-refractivity contribution >= 4 is 24.9 Å². The number of carbonyl (C=O) groups excluding carboxylic acids is 1. The third-order valence-electron chi connectivity index (χ3n) is 7.22. The highest BCUT2D eigenvalue weighted by Gasteiger charge is 2.43. The zero-order valence-electron chi connectivity index (χ0n) is 23.4. The lowest BCUT2D eigenvalue weighted by atomic mass is 10.0. The molecule has 0 radical (unpaired) electrons. The van der Waals surface area contributed by atoms with Crippen LogP contribution in [-0.4, -0.2) is 26.1 Å². The monoisotopic (exact) mass is 599 g/mol. The minimum atomic E-state index is -3.54. The molecule has 2 aromatic carbocycles. The third kappa shape index (κ3) is 5.77. The lowest BCUT2D eigenvalue weighted by Gasteiger charge is -2.38. The third-order valence-corrected chi connectivity index (χ3v) is 13.5. The molecule has 12 heteroatoms. The van der Waals surface area contributed by atoms with Gasteiger partial charge in [0.05, 0.1) is 12.6 Å². The molecule has 0 aliphatic carbocycles. The molecule has 0 unspecified atom stereocenters. The molecule has 0 N–H and O–H groups in total. The van der Waals surface area contributed by atoms with Crippen molar-refractivity contribution in [2.45, 2.75) is 64.1 Å². The number of halogens is 7. The van der Waals surface area contributed by atoms with Crippen LogP contribution in [0, 0.1) is 40.6 Å². The molecule has 4 nitrogen and oxygen atoms in total. The highest BCUT2D eigenvalue weighted by atomic mass is 28.3. The number of aromatic nitrogens is 1. The summed E-state index contributed by atoms with van der Waals surface area (Å²) < 4.78 is 109. The van der Waals surface area contributed by atoms with Gasteiger partial charge in [0.25, 0.3) is 0 Å². The molecule has 0 saturated carbocycles. The van der Waals surface area contributed by atoms with Gasteiger partial charge in [0, 0.05) is 10.9 Å². The highest BCUT2D eigenvalue weighted by molar-refractivity contribution is 6.90. The van der Waals surface area contributed by atoms with Crippen LogP contribution in [0.3, 0.4) is 0 Å². The summed E-state index contributed by atoms with van der Waals surface area (Å²) >= 11 is 0. The Morgan fingerprint density at radius 2 is 1.37 bits per heavy atom. The van der Waals surface area contributed by atoms with Crippen LogP contribution in [0.5, 0.6) is 11.6 Å². The van der Waals surface area contributed by atoms with Gasteiger partial charge in [-0.2, -0.15) is 17.6 Å². The average Bonchev–Trinajstić information content (AvgIpc) is 2.91. The van der Waals surface area contributed by atoms with Gasteiger partial charge in [-0.15, -0.1) is 5.54 Å². The maximum absolute atomic E-state index is 15.4. The minimum Gasteiger partial charge on any atom is -0.480 e. The lowest BCUT2D eigenvalue weighted by molar-refractivity contribution is 0.0639. The molecule has 0 amide bonds. The van der Waals surface area contributed by atoms with Gasteiger partial charge in [0.1, 0.15) is 13.6 Å². The molecule has 1 heterocycles. The van der Waals surface area contributed by atoms with E-state index >= 15 is 8.78 Å². The Kier molecular flexibility index (Phi) is 9.13. The van der Waals surface area contributed by atoms with Gasteiger partial charge < -0.3 is 9.47 Å². The predicted molar refractivity (Wildman–Crippen MR) is 142 cm³/mol. The highest BCUT2D eigenvalue weighted by Crippen LogP contribution is 2.42. The van der Waals surface area contributed by atoms with Crippen molar-refractivity contribution in [1.82, 2.24) is 4.98 Å². The number of ether oxygens (including phenoxy) is 2. The quantitative estimate of drug-likeness (QED) is 0.0520. The Morgan fingerprint density at radius 1 is 0.854 bits per heavy atom. The van der Waals surface area contributed by atoms with Gasteiger partial charge in [0.2, 0.25) is 40.7 Å². The normalized spacial score (nSPS) is 12.2. The molecule has 3 rings (SSSR count). The van der Waals surface area contributed by atoms with E-state index in [1.807, 2.05) is 41.5 Å². The standard InChI is InChI=1S/C29H28F7NO3Si/c1-14(2)41(15(3)4,16(5)6)11-10-29(35,36)18-9-8-17-12-19(27(39-7)37-20(17)13-18)28(38)40-26-24(33)22(31)21(30)23(32)25(26)34/h8-9,12-16H,1-7H3. The summed E-state index contributed by atoms with van der Waals surface area (Å²) in [4.78, 5) is 16.7. The van der Waals surface area contributed by atoms with E-state index in [1.54, 1.807) is 0 Å². The van der Waals surface area contributed by atoms with E-state index in [-0.39, 0.29) is 27.5 Å². The lowest BCUT2D eigenvalue weighted by Crippen LogP contribution is -2.43. The van der Waals surface area contributed by atoms with Crippen LogP contribution in [0.2, 0.25) is 16.6 Å². The van der Waals surface area contributed by atoms with Crippen LogP contribution in [0.15, 0.2) is 24.3 Å². The second-order valence-electron chi connectivity index (χ2n) is 10.5. The van der Waals surface area contributed by atoms with Crippen LogP contribution in [-0.2, 0) is 5.92 Å². The summed E-state index contributed by atoms with van der Waals surface area (Å²) in [6.45, 7) is 12.0. The maximum Gasteiger partial charge on any atom is 0.349 e. The zero-order valence-corrected chi connectivity index (χ0v) is 24.4. The van der Waals surface area contributed by atoms with Crippen molar-refractivity contribution in [1.29, 1.82) is 0 Å². The summed E-state index contributed by atoms with van der Waals surface area (Å²) in [5.41, 5.74) is 2.37. The minimum absolute atomic E-state index is 0.0336.